The van der Waals surface area contributed by atoms with Crippen molar-refractivity contribution in [2.75, 3.05) is 19.0 Å². The van der Waals surface area contributed by atoms with Crippen LogP contribution >= 0.6 is 0 Å². The highest BCUT2D eigenvalue weighted by Gasteiger charge is 2.10. The minimum Gasteiger partial charge on any atom is -0.494 e. The minimum atomic E-state index is -0.358. The first-order valence-electron chi connectivity index (χ1n) is 8.38. The third-order valence-electron chi connectivity index (χ3n) is 4.15. The number of hydrogen-bond donors (Lipinski definition) is 3. The average molecular weight is 355 g/mol. The highest BCUT2D eigenvalue weighted by Crippen LogP contribution is 2.28. The summed E-state index contributed by atoms with van der Waals surface area (Å²) in [6.07, 6.45) is 1.58. The van der Waals surface area contributed by atoms with Crippen molar-refractivity contribution in [3.8, 4) is 5.88 Å². The zero-order chi connectivity index (χ0) is 18.7. The van der Waals surface area contributed by atoms with Gasteiger partial charge in [0.25, 0.3) is 0 Å². The van der Waals surface area contributed by atoms with Gasteiger partial charge in [0.05, 0.1) is 23.4 Å². The van der Waals surface area contributed by atoms with Crippen molar-refractivity contribution >= 4 is 28.5 Å². The lowest BCUT2D eigenvalue weighted by Crippen LogP contribution is -2.21. The summed E-state index contributed by atoms with van der Waals surface area (Å²) in [5.41, 5.74) is 3.93. The summed E-state index contributed by atoms with van der Waals surface area (Å²) in [4.78, 5) is 7.21. The summed E-state index contributed by atoms with van der Waals surface area (Å²) in [5.74, 6) is -0.388. The van der Waals surface area contributed by atoms with Crippen LogP contribution in [0.2, 0.25) is 0 Å². The Morgan fingerprint density at radius 1 is 1.31 bits per heavy atom. The highest BCUT2D eigenvalue weighted by atomic mass is 19.1. The van der Waals surface area contributed by atoms with E-state index in [2.05, 4.69) is 22.2 Å². The molecular formula is C20H22FN3O2. The molecule has 2 aromatic carbocycles. The van der Waals surface area contributed by atoms with Crippen LogP contribution in [0, 0.1) is 12.7 Å². The molecule has 0 saturated carbocycles. The number of rotatable bonds is 6. The molecular weight excluding hydrogens is 333 g/mol. The lowest BCUT2D eigenvalue weighted by Gasteiger charge is -2.16. The maximum Gasteiger partial charge on any atom is 0.198 e. The van der Waals surface area contributed by atoms with Crippen molar-refractivity contribution in [1.29, 1.82) is 0 Å². The number of hydrogen-bond acceptors (Lipinski definition) is 4. The summed E-state index contributed by atoms with van der Waals surface area (Å²) in [5, 5.41) is 14.2. The number of aryl methyl sites for hydroxylation is 1. The van der Waals surface area contributed by atoms with Crippen LogP contribution in [-0.2, 0) is 4.74 Å². The summed E-state index contributed by atoms with van der Waals surface area (Å²) in [6.45, 7) is 4.68. The molecule has 3 N–H and O–H groups in total. The van der Waals surface area contributed by atoms with Crippen molar-refractivity contribution in [2.24, 2.45) is 4.99 Å². The molecule has 3 rings (SSSR count). The summed E-state index contributed by atoms with van der Waals surface area (Å²) in [6, 6.07) is 10.4. The van der Waals surface area contributed by atoms with Crippen molar-refractivity contribution in [3.63, 3.8) is 0 Å². The van der Waals surface area contributed by atoms with Crippen LogP contribution in [0.15, 0.2) is 41.4 Å². The number of ether oxygens (including phenoxy) is 1. The van der Waals surface area contributed by atoms with Crippen LogP contribution < -0.4 is 5.32 Å². The zero-order valence-electron chi connectivity index (χ0n) is 15.0. The van der Waals surface area contributed by atoms with Crippen molar-refractivity contribution in [3.05, 3.63) is 53.3 Å². The SMILES string of the molecule is COCC(C)Nc1ccc(N=Cc2c(O)[nH]c3cc(F)ccc23)cc1C. The van der Waals surface area contributed by atoms with Gasteiger partial charge in [-0.05, 0) is 55.8 Å². The van der Waals surface area contributed by atoms with E-state index < -0.39 is 0 Å². The van der Waals surface area contributed by atoms with Gasteiger partial charge in [0.1, 0.15) is 5.82 Å². The number of benzene rings is 2. The number of aromatic nitrogens is 1. The molecule has 0 aliphatic rings. The van der Waals surface area contributed by atoms with E-state index in [1.54, 1.807) is 19.4 Å². The van der Waals surface area contributed by atoms with E-state index in [0.29, 0.717) is 17.7 Å². The number of nitrogens with one attached hydrogen (secondary N) is 2. The van der Waals surface area contributed by atoms with E-state index >= 15 is 0 Å². The molecule has 1 unspecified atom stereocenters. The van der Waals surface area contributed by atoms with E-state index in [0.717, 1.165) is 22.3 Å². The number of halogens is 1. The molecule has 1 aromatic heterocycles. The number of fused-ring (bicyclic) bond motifs is 1. The molecule has 0 spiro atoms. The van der Waals surface area contributed by atoms with E-state index in [9.17, 15) is 9.50 Å². The predicted octanol–water partition coefficient (Wildman–Crippen LogP) is 4.52. The summed E-state index contributed by atoms with van der Waals surface area (Å²) >= 11 is 0. The molecule has 0 aliphatic heterocycles. The zero-order valence-corrected chi connectivity index (χ0v) is 15.0. The van der Waals surface area contributed by atoms with Gasteiger partial charge in [-0.3, -0.25) is 4.99 Å². The molecule has 0 radical (unpaired) electrons. The molecule has 136 valence electrons. The van der Waals surface area contributed by atoms with Gasteiger partial charge in [0.2, 0.25) is 0 Å². The van der Waals surface area contributed by atoms with Gasteiger partial charge in [-0.1, -0.05) is 0 Å². The Morgan fingerprint density at radius 3 is 2.85 bits per heavy atom. The molecule has 3 aromatic rings. The third kappa shape index (κ3) is 3.86. The van der Waals surface area contributed by atoms with Gasteiger partial charge < -0.3 is 20.1 Å². The minimum absolute atomic E-state index is 0.0299. The van der Waals surface area contributed by atoms with Crippen LogP contribution in [0.1, 0.15) is 18.1 Å². The number of anilines is 1. The van der Waals surface area contributed by atoms with E-state index in [1.165, 1.54) is 12.1 Å². The fourth-order valence-electron chi connectivity index (χ4n) is 2.89. The van der Waals surface area contributed by atoms with Crippen LogP contribution in [0.25, 0.3) is 10.9 Å². The Bertz CT molecular complexity index is 950. The summed E-state index contributed by atoms with van der Waals surface area (Å²) in [7, 11) is 1.68. The number of aromatic hydroxyl groups is 1. The maximum atomic E-state index is 13.3. The first-order valence-corrected chi connectivity index (χ1v) is 8.38. The fourth-order valence-corrected chi connectivity index (χ4v) is 2.89. The highest BCUT2D eigenvalue weighted by molar-refractivity contribution is 6.02. The Labute approximate surface area is 151 Å². The molecule has 26 heavy (non-hydrogen) atoms. The number of nitrogens with zero attached hydrogens (tertiary/aromatic N) is 1. The smallest absolute Gasteiger partial charge is 0.198 e. The van der Waals surface area contributed by atoms with Gasteiger partial charge in [-0.25, -0.2) is 4.39 Å². The number of H-pyrrole nitrogens is 1. The monoisotopic (exact) mass is 355 g/mol. The maximum absolute atomic E-state index is 13.3. The van der Waals surface area contributed by atoms with E-state index in [4.69, 9.17) is 4.74 Å². The summed E-state index contributed by atoms with van der Waals surface area (Å²) < 4.78 is 18.4. The van der Waals surface area contributed by atoms with Crippen LogP contribution in [-0.4, -0.2) is 36.1 Å². The number of methoxy groups -OCH3 is 1. The Morgan fingerprint density at radius 2 is 2.12 bits per heavy atom. The molecule has 5 nitrogen and oxygen atoms in total. The molecule has 0 amide bonds. The molecule has 1 heterocycles. The van der Waals surface area contributed by atoms with Crippen molar-refractivity contribution in [2.45, 2.75) is 19.9 Å². The average Bonchev–Trinajstić information content (AvgIpc) is 2.89. The quantitative estimate of drug-likeness (QED) is 0.570. The topological polar surface area (TPSA) is 69.6 Å². The van der Waals surface area contributed by atoms with Crippen molar-refractivity contribution < 1.29 is 14.2 Å². The first-order chi connectivity index (χ1) is 12.5. The number of aliphatic imine (C=N–C) groups is 1. The molecule has 0 saturated heterocycles. The standard InChI is InChI=1S/C20H22FN3O2/c1-12-8-15(5-7-18(12)23-13(2)11-26-3)22-10-17-16-6-4-14(21)9-19(16)24-20(17)25/h4-10,13,23-25H,11H2,1-3H3. The predicted molar refractivity (Wildman–Crippen MR) is 103 cm³/mol. The second-order valence-electron chi connectivity index (χ2n) is 6.34. The Balaban J connectivity index is 1.83. The van der Waals surface area contributed by atoms with E-state index in [1.807, 2.05) is 25.1 Å². The first kappa shape index (κ1) is 17.9. The second kappa shape index (κ2) is 7.58. The third-order valence-corrected chi connectivity index (χ3v) is 4.15. The van der Waals surface area contributed by atoms with Gasteiger partial charge >= 0.3 is 0 Å². The van der Waals surface area contributed by atoms with Gasteiger partial charge in [-0.15, -0.1) is 0 Å². The van der Waals surface area contributed by atoms with E-state index in [-0.39, 0.29) is 17.7 Å². The largest absolute Gasteiger partial charge is 0.494 e. The fraction of sp³-hybridized carbons (Fsp3) is 0.250. The Hall–Kier alpha value is -2.86. The van der Waals surface area contributed by atoms with Gasteiger partial charge in [0.15, 0.2) is 5.88 Å². The normalized spacial score (nSPS) is 12.8. The lowest BCUT2D eigenvalue weighted by molar-refractivity contribution is 0.190. The van der Waals surface area contributed by atoms with Gasteiger partial charge in [-0.2, -0.15) is 0 Å². The van der Waals surface area contributed by atoms with Crippen LogP contribution in [0.3, 0.4) is 0 Å². The molecule has 0 fully saturated rings. The van der Waals surface area contributed by atoms with Crippen LogP contribution in [0.5, 0.6) is 5.88 Å². The van der Waals surface area contributed by atoms with Gasteiger partial charge in [0, 0.05) is 30.4 Å². The second-order valence-corrected chi connectivity index (χ2v) is 6.34. The molecule has 0 bridgehead atoms. The van der Waals surface area contributed by atoms with Crippen molar-refractivity contribution in [1.82, 2.24) is 4.98 Å². The lowest BCUT2D eigenvalue weighted by atomic mass is 10.1. The number of aromatic amines is 1. The molecule has 0 aliphatic carbocycles. The molecule has 6 heteroatoms. The Kier molecular flexibility index (Phi) is 5.23. The molecule has 1 atom stereocenters. The van der Waals surface area contributed by atoms with Crippen LogP contribution in [0.4, 0.5) is 15.8 Å².